The number of benzene rings is 1. The van der Waals surface area contributed by atoms with Gasteiger partial charge in [-0.3, -0.25) is 0 Å². The number of halogens is 1. The summed E-state index contributed by atoms with van der Waals surface area (Å²) in [4.78, 5) is 3.77. The summed E-state index contributed by atoms with van der Waals surface area (Å²) < 4.78 is 12.9. The first kappa shape index (κ1) is 11.6. The molecule has 1 heterocycles. The van der Waals surface area contributed by atoms with Gasteiger partial charge in [-0.15, -0.1) is 0 Å². The topological polar surface area (TPSA) is 24.9 Å². The third-order valence-corrected chi connectivity index (χ3v) is 2.54. The zero-order valence-corrected chi connectivity index (χ0v) is 9.94. The molecule has 1 N–H and O–H groups in total. The molecule has 0 aliphatic rings. The summed E-state index contributed by atoms with van der Waals surface area (Å²) in [7, 11) is 0. The standard InChI is InChI=1S/C14H15FN2/c1-10(2)11-5-3-6-12(9-11)16-14-8-4-7-13(15)17-14/h3-10H,1-2H3,(H,16,17). The SMILES string of the molecule is CC(C)c1cccc(Nc2cccc(F)n2)c1. The zero-order chi connectivity index (χ0) is 12.3. The Morgan fingerprint density at radius 3 is 2.59 bits per heavy atom. The number of hydrogen-bond acceptors (Lipinski definition) is 2. The van der Waals surface area contributed by atoms with E-state index in [1.54, 1.807) is 12.1 Å². The molecule has 88 valence electrons. The van der Waals surface area contributed by atoms with Crippen molar-refractivity contribution in [1.82, 2.24) is 4.98 Å². The van der Waals surface area contributed by atoms with Crippen LogP contribution in [0.2, 0.25) is 0 Å². The van der Waals surface area contributed by atoms with Gasteiger partial charge in [-0.05, 0) is 35.7 Å². The molecule has 0 saturated carbocycles. The first-order chi connectivity index (χ1) is 8.15. The van der Waals surface area contributed by atoms with Crippen LogP contribution in [0.4, 0.5) is 15.9 Å². The average Bonchev–Trinajstić information content (AvgIpc) is 2.29. The van der Waals surface area contributed by atoms with Gasteiger partial charge in [0.2, 0.25) is 5.95 Å². The second-order valence-corrected chi connectivity index (χ2v) is 4.25. The summed E-state index contributed by atoms with van der Waals surface area (Å²) >= 11 is 0. The highest BCUT2D eigenvalue weighted by atomic mass is 19.1. The summed E-state index contributed by atoms with van der Waals surface area (Å²) in [5.41, 5.74) is 2.17. The maximum absolute atomic E-state index is 12.9. The van der Waals surface area contributed by atoms with E-state index in [0.717, 1.165) is 5.69 Å². The van der Waals surface area contributed by atoms with Crippen molar-refractivity contribution < 1.29 is 4.39 Å². The van der Waals surface area contributed by atoms with Gasteiger partial charge in [0.25, 0.3) is 0 Å². The number of hydrogen-bond donors (Lipinski definition) is 1. The second-order valence-electron chi connectivity index (χ2n) is 4.25. The minimum Gasteiger partial charge on any atom is -0.340 e. The van der Waals surface area contributed by atoms with Crippen molar-refractivity contribution >= 4 is 11.5 Å². The summed E-state index contributed by atoms with van der Waals surface area (Å²) in [6.45, 7) is 4.28. The molecule has 3 heteroatoms. The van der Waals surface area contributed by atoms with Crippen LogP contribution in [0.3, 0.4) is 0 Å². The fourth-order valence-corrected chi connectivity index (χ4v) is 1.60. The van der Waals surface area contributed by atoms with Crippen LogP contribution < -0.4 is 5.32 Å². The van der Waals surface area contributed by atoms with Crippen LogP contribution >= 0.6 is 0 Å². The minimum absolute atomic E-state index is 0.470. The summed E-state index contributed by atoms with van der Waals surface area (Å²) in [6, 6.07) is 12.8. The van der Waals surface area contributed by atoms with Crippen LogP contribution in [0.15, 0.2) is 42.5 Å². The van der Waals surface area contributed by atoms with Gasteiger partial charge in [0.05, 0.1) is 0 Å². The molecule has 1 aromatic carbocycles. The van der Waals surface area contributed by atoms with Gasteiger partial charge in [0.15, 0.2) is 0 Å². The lowest BCUT2D eigenvalue weighted by Crippen LogP contribution is -1.96. The predicted molar refractivity (Wildman–Crippen MR) is 68.0 cm³/mol. The van der Waals surface area contributed by atoms with E-state index in [1.807, 2.05) is 12.1 Å². The molecule has 0 bridgehead atoms. The van der Waals surface area contributed by atoms with Gasteiger partial charge in [-0.1, -0.05) is 32.0 Å². The monoisotopic (exact) mass is 230 g/mol. The molecule has 2 aromatic rings. The van der Waals surface area contributed by atoms with E-state index in [4.69, 9.17) is 0 Å². The van der Waals surface area contributed by atoms with Crippen LogP contribution in [-0.4, -0.2) is 4.98 Å². The van der Waals surface area contributed by atoms with Crippen LogP contribution in [0, 0.1) is 5.95 Å². The predicted octanol–water partition coefficient (Wildman–Crippen LogP) is 4.09. The molecule has 0 spiro atoms. The molecule has 0 aliphatic heterocycles. The zero-order valence-electron chi connectivity index (χ0n) is 9.94. The van der Waals surface area contributed by atoms with E-state index in [2.05, 4.69) is 36.3 Å². The molecule has 0 amide bonds. The minimum atomic E-state index is -0.477. The van der Waals surface area contributed by atoms with E-state index in [-0.39, 0.29) is 0 Å². The van der Waals surface area contributed by atoms with Gasteiger partial charge in [-0.25, -0.2) is 4.98 Å². The van der Waals surface area contributed by atoms with Gasteiger partial charge in [0.1, 0.15) is 5.82 Å². The quantitative estimate of drug-likeness (QED) is 0.803. The molecule has 0 fully saturated rings. The lowest BCUT2D eigenvalue weighted by Gasteiger charge is -2.09. The third kappa shape index (κ3) is 3.03. The van der Waals surface area contributed by atoms with E-state index in [1.165, 1.54) is 11.6 Å². The van der Waals surface area contributed by atoms with Crippen molar-refractivity contribution in [2.24, 2.45) is 0 Å². The largest absolute Gasteiger partial charge is 0.340 e. The van der Waals surface area contributed by atoms with Crippen LogP contribution in [-0.2, 0) is 0 Å². The van der Waals surface area contributed by atoms with Gasteiger partial charge in [0, 0.05) is 5.69 Å². The molecule has 0 unspecified atom stereocenters. The highest BCUT2D eigenvalue weighted by Crippen LogP contribution is 2.20. The molecular weight excluding hydrogens is 215 g/mol. The Bertz CT molecular complexity index is 509. The lowest BCUT2D eigenvalue weighted by atomic mass is 10.0. The summed E-state index contributed by atoms with van der Waals surface area (Å²) in [6.07, 6.45) is 0. The van der Waals surface area contributed by atoms with Crippen molar-refractivity contribution in [3.05, 3.63) is 54.0 Å². The molecule has 0 radical (unpaired) electrons. The number of pyridine rings is 1. The van der Waals surface area contributed by atoms with Gasteiger partial charge in [-0.2, -0.15) is 4.39 Å². The van der Waals surface area contributed by atoms with Gasteiger partial charge < -0.3 is 5.32 Å². The maximum Gasteiger partial charge on any atom is 0.214 e. The molecule has 17 heavy (non-hydrogen) atoms. The van der Waals surface area contributed by atoms with Crippen LogP contribution in [0.25, 0.3) is 0 Å². The Hall–Kier alpha value is -1.90. The first-order valence-corrected chi connectivity index (χ1v) is 5.64. The molecular formula is C14H15FN2. The third-order valence-electron chi connectivity index (χ3n) is 2.54. The number of anilines is 2. The normalized spacial score (nSPS) is 10.6. The molecule has 0 atom stereocenters. The Morgan fingerprint density at radius 2 is 1.88 bits per heavy atom. The summed E-state index contributed by atoms with van der Waals surface area (Å²) in [5.74, 6) is 0.512. The number of nitrogens with zero attached hydrogens (tertiary/aromatic N) is 1. The Balaban J connectivity index is 2.21. The van der Waals surface area contributed by atoms with Crippen molar-refractivity contribution in [3.63, 3.8) is 0 Å². The Morgan fingerprint density at radius 1 is 1.12 bits per heavy atom. The Kier molecular flexibility index (Phi) is 3.38. The second kappa shape index (κ2) is 4.95. The van der Waals surface area contributed by atoms with Crippen molar-refractivity contribution in [3.8, 4) is 0 Å². The highest BCUT2D eigenvalue weighted by Gasteiger charge is 2.01. The fourth-order valence-electron chi connectivity index (χ4n) is 1.60. The number of aromatic nitrogens is 1. The van der Waals surface area contributed by atoms with E-state index in [9.17, 15) is 4.39 Å². The van der Waals surface area contributed by atoms with Crippen molar-refractivity contribution in [1.29, 1.82) is 0 Å². The molecule has 1 aromatic heterocycles. The van der Waals surface area contributed by atoms with Crippen molar-refractivity contribution in [2.75, 3.05) is 5.32 Å². The van der Waals surface area contributed by atoms with Gasteiger partial charge >= 0.3 is 0 Å². The number of rotatable bonds is 3. The Labute approximate surface area is 101 Å². The van der Waals surface area contributed by atoms with Crippen LogP contribution in [0.1, 0.15) is 25.3 Å². The van der Waals surface area contributed by atoms with E-state index >= 15 is 0 Å². The van der Waals surface area contributed by atoms with Crippen LogP contribution in [0.5, 0.6) is 0 Å². The number of nitrogens with one attached hydrogen (secondary N) is 1. The molecule has 2 rings (SSSR count). The fraction of sp³-hybridized carbons (Fsp3) is 0.214. The molecule has 2 nitrogen and oxygen atoms in total. The van der Waals surface area contributed by atoms with E-state index < -0.39 is 5.95 Å². The smallest absolute Gasteiger partial charge is 0.214 e. The average molecular weight is 230 g/mol. The van der Waals surface area contributed by atoms with Crippen molar-refractivity contribution in [2.45, 2.75) is 19.8 Å². The summed E-state index contributed by atoms with van der Waals surface area (Å²) in [5, 5.41) is 3.09. The molecule has 0 saturated heterocycles. The molecule has 0 aliphatic carbocycles. The lowest BCUT2D eigenvalue weighted by molar-refractivity contribution is 0.585. The first-order valence-electron chi connectivity index (χ1n) is 5.64. The maximum atomic E-state index is 12.9. The highest BCUT2D eigenvalue weighted by molar-refractivity contribution is 5.57. The van der Waals surface area contributed by atoms with E-state index in [0.29, 0.717) is 11.7 Å².